The molecule has 2 fully saturated rings. The fourth-order valence-corrected chi connectivity index (χ4v) is 3.74. The molecule has 0 spiro atoms. The Hall–Kier alpha value is -1.53. The maximum atomic E-state index is 13.5. The average molecular weight is 332 g/mol. The molecule has 1 saturated carbocycles. The SMILES string of the molecule is Cn1c(C2CC2)nn(CN2CCC[C@@H]2c2cccc(F)c2)c1=S. The molecule has 1 atom stereocenters. The topological polar surface area (TPSA) is 26.0 Å². The minimum Gasteiger partial charge on any atom is -0.307 e. The highest BCUT2D eigenvalue weighted by Gasteiger charge is 2.31. The van der Waals surface area contributed by atoms with Gasteiger partial charge in [-0.05, 0) is 55.6 Å². The van der Waals surface area contributed by atoms with Crippen molar-refractivity contribution in [1.82, 2.24) is 19.2 Å². The maximum absolute atomic E-state index is 13.5. The van der Waals surface area contributed by atoms with E-state index in [2.05, 4.69) is 4.90 Å². The number of benzene rings is 1. The van der Waals surface area contributed by atoms with E-state index in [1.165, 1.54) is 18.9 Å². The van der Waals surface area contributed by atoms with Gasteiger partial charge in [0, 0.05) is 25.6 Å². The lowest BCUT2D eigenvalue weighted by Crippen LogP contribution is -2.27. The molecule has 1 aromatic carbocycles. The van der Waals surface area contributed by atoms with Crippen LogP contribution >= 0.6 is 12.2 Å². The van der Waals surface area contributed by atoms with Crippen LogP contribution in [0.2, 0.25) is 0 Å². The van der Waals surface area contributed by atoms with Crippen LogP contribution in [0.1, 0.15) is 49.0 Å². The number of hydrogen-bond acceptors (Lipinski definition) is 3. The fourth-order valence-electron chi connectivity index (χ4n) is 3.55. The van der Waals surface area contributed by atoms with Gasteiger partial charge in [0.1, 0.15) is 11.6 Å². The molecule has 0 unspecified atom stereocenters. The van der Waals surface area contributed by atoms with Gasteiger partial charge in [-0.25, -0.2) is 9.07 Å². The standard InChI is InChI=1S/C17H21FN4S/c1-20-16(12-7-8-12)19-22(17(20)23)11-21-9-3-6-15(21)13-4-2-5-14(18)10-13/h2,4-5,10,12,15H,3,6-9,11H2,1H3/t15-/m1/s1. The van der Waals surface area contributed by atoms with Gasteiger partial charge in [-0.3, -0.25) is 4.90 Å². The van der Waals surface area contributed by atoms with Gasteiger partial charge in [0.15, 0.2) is 4.77 Å². The first-order valence-corrected chi connectivity index (χ1v) is 8.67. The predicted molar refractivity (Wildman–Crippen MR) is 89.1 cm³/mol. The van der Waals surface area contributed by atoms with E-state index in [1.807, 2.05) is 22.4 Å². The second kappa shape index (κ2) is 5.83. The average Bonchev–Trinajstić information content (AvgIpc) is 3.21. The Morgan fingerprint density at radius 1 is 1.30 bits per heavy atom. The second-order valence-corrected chi connectivity index (χ2v) is 7.01. The van der Waals surface area contributed by atoms with Gasteiger partial charge in [0.05, 0.1) is 6.67 Å². The Balaban J connectivity index is 1.58. The van der Waals surface area contributed by atoms with Crippen molar-refractivity contribution in [1.29, 1.82) is 0 Å². The number of likely N-dealkylation sites (tertiary alicyclic amines) is 1. The van der Waals surface area contributed by atoms with Crippen molar-refractivity contribution >= 4 is 12.2 Å². The molecule has 4 nitrogen and oxygen atoms in total. The van der Waals surface area contributed by atoms with Crippen molar-refractivity contribution in [2.24, 2.45) is 7.05 Å². The lowest BCUT2D eigenvalue weighted by molar-refractivity contribution is 0.189. The summed E-state index contributed by atoms with van der Waals surface area (Å²) in [5.41, 5.74) is 1.05. The van der Waals surface area contributed by atoms with Gasteiger partial charge in [-0.15, -0.1) is 0 Å². The van der Waals surface area contributed by atoms with E-state index >= 15 is 0 Å². The van der Waals surface area contributed by atoms with E-state index in [4.69, 9.17) is 17.3 Å². The molecule has 122 valence electrons. The van der Waals surface area contributed by atoms with Crippen molar-refractivity contribution in [2.75, 3.05) is 6.54 Å². The molecule has 23 heavy (non-hydrogen) atoms. The number of hydrogen-bond donors (Lipinski definition) is 0. The molecule has 1 aromatic heterocycles. The zero-order valence-electron chi connectivity index (χ0n) is 13.3. The lowest BCUT2D eigenvalue weighted by atomic mass is 10.0. The Morgan fingerprint density at radius 2 is 2.13 bits per heavy atom. The third-order valence-electron chi connectivity index (χ3n) is 4.93. The summed E-state index contributed by atoms with van der Waals surface area (Å²) in [5, 5.41) is 4.74. The third-order valence-corrected chi connectivity index (χ3v) is 5.41. The smallest absolute Gasteiger partial charge is 0.198 e. The molecule has 0 bridgehead atoms. The minimum absolute atomic E-state index is 0.167. The third kappa shape index (κ3) is 2.85. The van der Waals surface area contributed by atoms with Gasteiger partial charge in [0.25, 0.3) is 0 Å². The van der Waals surface area contributed by atoms with Gasteiger partial charge in [0.2, 0.25) is 0 Å². The Bertz CT molecular complexity index is 777. The molecule has 6 heteroatoms. The zero-order valence-corrected chi connectivity index (χ0v) is 14.1. The van der Waals surface area contributed by atoms with Gasteiger partial charge < -0.3 is 4.57 Å². The van der Waals surface area contributed by atoms with Crippen molar-refractivity contribution in [3.8, 4) is 0 Å². The highest BCUT2D eigenvalue weighted by molar-refractivity contribution is 7.71. The molecule has 1 aliphatic heterocycles. The van der Waals surface area contributed by atoms with Gasteiger partial charge in [-0.2, -0.15) is 5.10 Å². The van der Waals surface area contributed by atoms with Crippen LogP contribution in [-0.2, 0) is 13.7 Å². The Labute approximate surface area is 140 Å². The fraction of sp³-hybridized carbons (Fsp3) is 0.529. The van der Waals surface area contributed by atoms with Crippen molar-refractivity contribution in [2.45, 2.75) is 44.3 Å². The molecule has 2 aromatic rings. The number of halogens is 1. The number of rotatable bonds is 4. The molecule has 2 heterocycles. The van der Waals surface area contributed by atoms with Crippen molar-refractivity contribution in [3.05, 3.63) is 46.2 Å². The molecule has 0 radical (unpaired) electrons. The van der Waals surface area contributed by atoms with Gasteiger partial charge in [-0.1, -0.05) is 12.1 Å². The molecular formula is C17H21FN4S. The van der Waals surface area contributed by atoms with Crippen LogP contribution in [0.15, 0.2) is 24.3 Å². The quantitative estimate of drug-likeness (QED) is 0.797. The molecule has 1 aliphatic carbocycles. The second-order valence-electron chi connectivity index (χ2n) is 6.64. The molecular weight excluding hydrogens is 311 g/mol. The van der Waals surface area contributed by atoms with Crippen LogP contribution in [0, 0.1) is 10.6 Å². The maximum Gasteiger partial charge on any atom is 0.198 e. The monoisotopic (exact) mass is 332 g/mol. The zero-order chi connectivity index (χ0) is 16.0. The van der Waals surface area contributed by atoms with E-state index in [0.29, 0.717) is 12.6 Å². The first-order valence-electron chi connectivity index (χ1n) is 8.27. The van der Waals surface area contributed by atoms with Crippen LogP contribution in [0.25, 0.3) is 0 Å². The molecule has 0 amide bonds. The molecule has 4 rings (SSSR count). The first-order chi connectivity index (χ1) is 11.1. The van der Waals surface area contributed by atoms with E-state index in [-0.39, 0.29) is 11.9 Å². The summed E-state index contributed by atoms with van der Waals surface area (Å²) in [5.74, 6) is 1.52. The van der Waals surface area contributed by atoms with Crippen molar-refractivity contribution in [3.63, 3.8) is 0 Å². The van der Waals surface area contributed by atoms with E-state index in [1.54, 1.807) is 12.1 Å². The van der Waals surface area contributed by atoms with E-state index in [9.17, 15) is 4.39 Å². The largest absolute Gasteiger partial charge is 0.307 e. The van der Waals surface area contributed by atoms with Crippen LogP contribution in [0.4, 0.5) is 4.39 Å². The summed E-state index contributed by atoms with van der Waals surface area (Å²) in [4.78, 5) is 2.36. The first kappa shape index (κ1) is 15.0. The normalized spacial score (nSPS) is 21.9. The summed E-state index contributed by atoms with van der Waals surface area (Å²) in [6, 6.07) is 7.20. The minimum atomic E-state index is -0.167. The summed E-state index contributed by atoms with van der Waals surface area (Å²) >= 11 is 5.55. The number of aromatic nitrogens is 3. The van der Waals surface area contributed by atoms with Gasteiger partial charge >= 0.3 is 0 Å². The van der Waals surface area contributed by atoms with Crippen molar-refractivity contribution < 1.29 is 4.39 Å². The summed E-state index contributed by atoms with van der Waals surface area (Å²) in [6.45, 7) is 1.68. The highest BCUT2D eigenvalue weighted by atomic mass is 32.1. The molecule has 1 saturated heterocycles. The Kier molecular flexibility index (Phi) is 3.81. The van der Waals surface area contributed by atoms with Crippen LogP contribution < -0.4 is 0 Å². The van der Waals surface area contributed by atoms with E-state index in [0.717, 1.165) is 35.5 Å². The predicted octanol–water partition coefficient (Wildman–Crippen LogP) is 3.76. The highest BCUT2D eigenvalue weighted by Crippen LogP contribution is 2.39. The molecule has 0 N–H and O–H groups in total. The molecule has 2 aliphatic rings. The summed E-state index contributed by atoms with van der Waals surface area (Å²) in [7, 11) is 2.01. The van der Waals surface area contributed by atoms with Crippen LogP contribution in [0.3, 0.4) is 0 Å². The lowest BCUT2D eigenvalue weighted by Gasteiger charge is -2.24. The summed E-state index contributed by atoms with van der Waals surface area (Å²) in [6.07, 6.45) is 4.61. The van der Waals surface area contributed by atoms with Crippen LogP contribution in [0.5, 0.6) is 0 Å². The Morgan fingerprint density at radius 3 is 2.87 bits per heavy atom. The van der Waals surface area contributed by atoms with Crippen LogP contribution in [-0.4, -0.2) is 25.8 Å². The summed E-state index contributed by atoms with van der Waals surface area (Å²) < 4.78 is 18.3. The number of nitrogens with zero attached hydrogens (tertiary/aromatic N) is 4. The van der Waals surface area contributed by atoms with E-state index < -0.39 is 0 Å².